The van der Waals surface area contributed by atoms with Crippen LogP contribution in [0.4, 0.5) is 5.82 Å². The standard InChI is InChI=1S/C13H20N4O/c1-16(2)13(18)11-6-4-8-17(11)12-10(9-14)5-3-7-15-12/h3,5,7,11H,4,6,8-9,14H2,1-2H3. The van der Waals surface area contributed by atoms with Crippen molar-refractivity contribution in [1.29, 1.82) is 0 Å². The van der Waals surface area contributed by atoms with E-state index in [0.29, 0.717) is 6.54 Å². The molecule has 1 atom stereocenters. The van der Waals surface area contributed by atoms with Gasteiger partial charge in [0.05, 0.1) is 0 Å². The Labute approximate surface area is 108 Å². The summed E-state index contributed by atoms with van der Waals surface area (Å²) in [6, 6.07) is 3.75. The first-order valence-electron chi connectivity index (χ1n) is 6.27. The quantitative estimate of drug-likeness (QED) is 0.850. The monoisotopic (exact) mass is 248 g/mol. The second-order valence-corrected chi connectivity index (χ2v) is 4.77. The fourth-order valence-corrected chi connectivity index (χ4v) is 2.42. The molecule has 1 fully saturated rings. The molecule has 0 aliphatic carbocycles. The van der Waals surface area contributed by atoms with Gasteiger partial charge in [-0.2, -0.15) is 0 Å². The first-order valence-corrected chi connectivity index (χ1v) is 6.27. The molecule has 1 aliphatic heterocycles. The number of carbonyl (C=O) groups is 1. The van der Waals surface area contributed by atoms with Gasteiger partial charge in [0.1, 0.15) is 11.9 Å². The maximum Gasteiger partial charge on any atom is 0.244 e. The Kier molecular flexibility index (Phi) is 3.81. The Morgan fingerprint density at radius 2 is 2.39 bits per heavy atom. The van der Waals surface area contributed by atoms with Gasteiger partial charge in [-0.15, -0.1) is 0 Å². The van der Waals surface area contributed by atoms with Gasteiger partial charge in [0.25, 0.3) is 0 Å². The molecule has 1 aromatic heterocycles. The SMILES string of the molecule is CN(C)C(=O)C1CCCN1c1ncccc1CN. The maximum atomic E-state index is 12.2. The van der Waals surface area contributed by atoms with Crippen LogP contribution in [0.25, 0.3) is 0 Å². The first kappa shape index (κ1) is 12.8. The summed E-state index contributed by atoms with van der Waals surface area (Å²) in [5.41, 5.74) is 6.73. The summed E-state index contributed by atoms with van der Waals surface area (Å²) in [4.78, 5) is 20.3. The molecular formula is C13H20N4O. The number of amides is 1. The van der Waals surface area contributed by atoms with E-state index in [-0.39, 0.29) is 11.9 Å². The van der Waals surface area contributed by atoms with Crippen molar-refractivity contribution in [2.75, 3.05) is 25.5 Å². The zero-order valence-electron chi connectivity index (χ0n) is 11.0. The zero-order chi connectivity index (χ0) is 13.1. The van der Waals surface area contributed by atoms with Gasteiger partial charge in [-0.25, -0.2) is 4.98 Å². The van der Waals surface area contributed by atoms with Crippen LogP contribution in [-0.4, -0.2) is 42.5 Å². The van der Waals surface area contributed by atoms with E-state index in [9.17, 15) is 4.79 Å². The molecule has 1 amide bonds. The topological polar surface area (TPSA) is 62.5 Å². The van der Waals surface area contributed by atoms with E-state index < -0.39 is 0 Å². The summed E-state index contributed by atoms with van der Waals surface area (Å²) in [6.45, 7) is 1.32. The molecule has 1 aromatic rings. The van der Waals surface area contributed by atoms with Gasteiger partial charge < -0.3 is 15.5 Å². The van der Waals surface area contributed by atoms with Crippen molar-refractivity contribution in [3.63, 3.8) is 0 Å². The maximum absolute atomic E-state index is 12.2. The van der Waals surface area contributed by atoms with Crippen LogP contribution in [0.5, 0.6) is 0 Å². The molecule has 1 aliphatic rings. The molecule has 2 rings (SSSR count). The van der Waals surface area contributed by atoms with Gasteiger partial charge in [-0.3, -0.25) is 4.79 Å². The highest BCUT2D eigenvalue weighted by Gasteiger charge is 2.33. The van der Waals surface area contributed by atoms with Crippen LogP contribution in [-0.2, 0) is 11.3 Å². The lowest BCUT2D eigenvalue weighted by Crippen LogP contribution is -2.43. The number of aromatic nitrogens is 1. The smallest absolute Gasteiger partial charge is 0.244 e. The summed E-state index contributed by atoms with van der Waals surface area (Å²) in [6.07, 6.45) is 3.66. The predicted octanol–water partition coefficient (Wildman–Crippen LogP) is 0.597. The molecule has 0 aromatic carbocycles. The molecule has 98 valence electrons. The van der Waals surface area contributed by atoms with E-state index in [1.807, 2.05) is 12.1 Å². The molecule has 0 saturated carbocycles. The number of likely N-dealkylation sites (N-methyl/N-ethyl adjacent to an activating group) is 1. The molecule has 0 bridgehead atoms. The number of pyridine rings is 1. The van der Waals surface area contributed by atoms with Crippen molar-refractivity contribution >= 4 is 11.7 Å². The number of nitrogens with two attached hydrogens (primary N) is 1. The summed E-state index contributed by atoms with van der Waals surface area (Å²) in [5, 5.41) is 0. The number of anilines is 1. The summed E-state index contributed by atoms with van der Waals surface area (Å²) >= 11 is 0. The van der Waals surface area contributed by atoms with Crippen molar-refractivity contribution in [2.24, 2.45) is 5.73 Å². The second-order valence-electron chi connectivity index (χ2n) is 4.77. The van der Waals surface area contributed by atoms with Gasteiger partial charge in [0.2, 0.25) is 5.91 Å². The van der Waals surface area contributed by atoms with Crippen LogP contribution in [0.15, 0.2) is 18.3 Å². The third-order valence-electron chi connectivity index (χ3n) is 3.34. The van der Waals surface area contributed by atoms with Gasteiger partial charge in [0, 0.05) is 38.9 Å². The molecule has 5 heteroatoms. The van der Waals surface area contributed by atoms with Crippen LogP contribution in [0, 0.1) is 0 Å². The average Bonchev–Trinajstić information content (AvgIpc) is 2.86. The van der Waals surface area contributed by atoms with Crippen LogP contribution in [0.2, 0.25) is 0 Å². The lowest BCUT2D eigenvalue weighted by molar-refractivity contribution is -0.129. The molecule has 2 heterocycles. The van der Waals surface area contributed by atoms with Crippen molar-refractivity contribution in [2.45, 2.75) is 25.4 Å². The minimum absolute atomic E-state index is 0.0970. The molecule has 2 N–H and O–H groups in total. The first-order chi connectivity index (χ1) is 8.65. The van der Waals surface area contributed by atoms with Crippen LogP contribution < -0.4 is 10.6 Å². The molecule has 18 heavy (non-hydrogen) atoms. The normalized spacial score (nSPS) is 19.1. The summed E-state index contributed by atoms with van der Waals surface area (Å²) < 4.78 is 0. The predicted molar refractivity (Wildman–Crippen MR) is 71.2 cm³/mol. The van der Waals surface area contributed by atoms with Crippen molar-refractivity contribution in [1.82, 2.24) is 9.88 Å². The summed E-state index contributed by atoms with van der Waals surface area (Å²) in [5.74, 6) is 0.999. The Balaban J connectivity index is 2.29. The van der Waals surface area contributed by atoms with Crippen molar-refractivity contribution < 1.29 is 4.79 Å². The van der Waals surface area contributed by atoms with Crippen molar-refractivity contribution in [3.8, 4) is 0 Å². The Morgan fingerprint density at radius 3 is 3.06 bits per heavy atom. The van der Waals surface area contributed by atoms with Gasteiger partial charge >= 0.3 is 0 Å². The number of hydrogen-bond donors (Lipinski definition) is 1. The van der Waals surface area contributed by atoms with Crippen LogP contribution in [0.3, 0.4) is 0 Å². The number of rotatable bonds is 3. The van der Waals surface area contributed by atoms with Gasteiger partial charge in [0.15, 0.2) is 0 Å². The Morgan fingerprint density at radius 1 is 1.61 bits per heavy atom. The molecule has 0 radical (unpaired) electrons. The molecule has 0 spiro atoms. The number of carbonyl (C=O) groups excluding carboxylic acids is 1. The lowest BCUT2D eigenvalue weighted by Gasteiger charge is -2.28. The van der Waals surface area contributed by atoms with E-state index >= 15 is 0 Å². The van der Waals surface area contributed by atoms with E-state index in [1.54, 1.807) is 25.2 Å². The fraction of sp³-hybridized carbons (Fsp3) is 0.538. The largest absolute Gasteiger partial charge is 0.347 e. The van der Waals surface area contributed by atoms with Crippen LogP contribution >= 0.6 is 0 Å². The van der Waals surface area contributed by atoms with Crippen LogP contribution in [0.1, 0.15) is 18.4 Å². The Bertz CT molecular complexity index is 433. The molecule has 1 unspecified atom stereocenters. The van der Waals surface area contributed by atoms with Gasteiger partial charge in [-0.1, -0.05) is 6.07 Å². The van der Waals surface area contributed by atoms with E-state index in [4.69, 9.17) is 5.73 Å². The van der Waals surface area contributed by atoms with E-state index in [2.05, 4.69) is 9.88 Å². The molecule has 5 nitrogen and oxygen atoms in total. The van der Waals surface area contributed by atoms with Gasteiger partial charge in [-0.05, 0) is 18.9 Å². The zero-order valence-corrected chi connectivity index (χ0v) is 11.0. The third kappa shape index (κ3) is 2.31. The highest BCUT2D eigenvalue weighted by molar-refractivity contribution is 5.85. The fourth-order valence-electron chi connectivity index (χ4n) is 2.42. The third-order valence-corrected chi connectivity index (χ3v) is 3.34. The number of hydrogen-bond acceptors (Lipinski definition) is 4. The minimum Gasteiger partial charge on any atom is -0.347 e. The highest BCUT2D eigenvalue weighted by atomic mass is 16.2. The van der Waals surface area contributed by atoms with E-state index in [0.717, 1.165) is 30.8 Å². The Hall–Kier alpha value is -1.62. The molecular weight excluding hydrogens is 228 g/mol. The van der Waals surface area contributed by atoms with Crippen molar-refractivity contribution in [3.05, 3.63) is 23.9 Å². The lowest BCUT2D eigenvalue weighted by atomic mass is 10.2. The minimum atomic E-state index is -0.0970. The second kappa shape index (κ2) is 5.35. The molecule has 1 saturated heterocycles. The summed E-state index contributed by atoms with van der Waals surface area (Å²) in [7, 11) is 3.59. The van der Waals surface area contributed by atoms with E-state index in [1.165, 1.54) is 0 Å². The average molecular weight is 248 g/mol. The number of nitrogens with zero attached hydrogens (tertiary/aromatic N) is 3. The highest BCUT2D eigenvalue weighted by Crippen LogP contribution is 2.27.